The smallest absolute Gasteiger partial charge is 0.243 e. The zero-order valence-corrected chi connectivity index (χ0v) is 12.1. The Labute approximate surface area is 105 Å². The fraction of sp³-hybridized carbons (Fsp3) is 0.923. The molecule has 0 aromatic carbocycles. The number of carbonyl (C=O) groups excluding carboxylic acids is 1. The van der Waals surface area contributed by atoms with E-state index in [2.05, 4.69) is 45.1 Å². The van der Waals surface area contributed by atoms with Crippen molar-refractivity contribution in [3.8, 4) is 0 Å². The summed E-state index contributed by atoms with van der Waals surface area (Å²) in [5, 5.41) is 3.47. The molecule has 1 rings (SSSR count). The lowest BCUT2D eigenvalue weighted by Crippen LogP contribution is -2.45. The van der Waals surface area contributed by atoms with Crippen molar-refractivity contribution >= 4 is 5.91 Å². The van der Waals surface area contributed by atoms with Crippen LogP contribution in [0.15, 0.2) is 0 Å². The van der Waals surface area contributed by atoms with Crippen LogP contribution in [-0.2, 0) is 4.79 Å². The minimum atomic E-state index is -0.368. The van der Waals surface area contributed by atoms with Gasteiger partial charge in [-0.2, -0.15) is 0 Å². The number of carbonyl (C=O) groups is 1. The van der Waals surface area contributed by atoms with Gasteiger partial charge in [-0.05, 0) is 40.8 Å². The Morgan fingerprint density at radius 1 is 1.47 bits per heavy atom. The Balaban J connectivity index is 2.79. The third-order valence-electron chi connectivity index (χ3n) is 4.03. The number of hydrogen-bond acceptors (Lipinski definition) is 3. The van der Waals surface area contributed by atoms with Crippen molar-refractivity contribution in [2.75, 3.05) is 20.6 Å². The highest BCUT2D eigenvalue weighted by molar-refractivity contribution is 5.88. The Bertz CT molecular complexity index is 280. The van der Waals surface area contributed by atoms with Gasteiger partial charge in [0.15, 0.2) is 0 Å². The van der Waals surface area contributed by atoms with Crippen molar-refractivity contribution in [1.82, 2.24) is 15.1 Å². The number of likely N-dealkylation sites (N-methyl/N-ethyl adjacent to an activating group) is 1. The second kappa shape index (κ2) is 5.36. The van der Waals surface area contributed by atoms with Crippen LogP contribution in [0.25, 0.3) is 0 Å². The molecule has 0 aromatic heterocycles. The lowest BCUT2D eigenvalue weighted by atomic mass is 9.99. The van der Waals surface area contributed by atoms with E-state index in [0.717, 1.165) is 19.4 Å². The summed E-state index contributed by atoms with van der Waals surface area (Å²) < 4.78 is 0. The maximum absolute atomic E-state index is 12.4. The summed E-state index contributed by atoms with van der Waals surface area (Å²) >= 11 is 0. The fourth-order valence-corrected chi connectivity index (χ4v) is 2.20. The third kappa shape index (κ3) is 2.80. The van der Waals surface area contributed by atoms with Gasteiger partial charge in [0.25, 0.3) is 0 Å². The minimum Gasteiger partial charge on any atom is -0.324 e. The van der Waals surface area contributed by atoms with Gasteiger partial charge in [0.1, 0.15) is 0 Å². The predicted molar refractivity (Wildman–Crippen MR) is 70.8 cm³/mol. The van der Waals surface area contributed by atoms with E-state index in [1.807, 2.05) is 11.8 Å². The van der Waals surface area contributed by atoms with Crippen molar-refractivity contribution in [3.05, 3.63) is 0 Å². The average Bonchev–Trinajstić information content (AvgIpc) is 2.54. The largest absolute Gasteiger partial charge is 0.324 e. The molecule has 1 N–H and O–H groups in total. The van der Waals surface area contributed by atoms with E-state index in [1.165, 1.54) is 0 Å². The summed E-state index contributed by atoms with van der Waals surface area (Å²) in [5.74, 6) is 0.251. The molecule has 3 atom stereocenters. The molecule has 0 bridgehead atoms. The Kier molecular flexibility index (Phi) is 4.55. The van der Waals surface area contributed by atoms with Crippen LogP contribution in [0.2, 0.25) is 0 Å². The SMILES string of the molecule is CCC1NC(C)(CC)C(=O)N1CC(C)N(C)C. The molecule has 0 spiro atoms. The number of nitrogens with one attached hydrogen (secondary N) is 1. The lowest BCUT2D eigenvalue weighted by molar-refractivity contribution is -0.133. The summed E-state index contributed by atoms with van der Waals surface area (Å²) in [6.45, 7) is 9.16. The zero-order chi connectivity index (χ0) is 13.2. The standard InChI is InChI=1S/C13H27N3O/c1-7-11-14-13(4,8-2)12(17)16(11)9-10(3)15(5)6/h10-11,14H,7-9H2,1-6H3. The molecule has 1 amide bonds. The molecule has 1 fully saturated rings. The summed E-state index contributed by atoms with van der Waals surface area (Å²) in [6, 6.07) is 0.383. The molecule has 3 unspecified atom stereocenters. The number of amides is 1. The Hall–Kier alpha value is -0.610. The van der Waals surface area contributed by atoms with Crippen molar-refractivity contribution in [1.29, 1.82) is 0 Å². The van der Waals surface area contributed by atoms with E-state index in [0.29, 0.717) is 6.04 Å². The van der Waals surface area contributed by atoms with E-state index in [1.54, 1.807) is 0 Å². The average molecular weight is 241 g/mol. The first kappa shape index (κ1) is 14.5. The molecule has 4 heteroatoms. The molecule has 100 valence electrons. The van der Waals surface area contributed by atoms with E-state index in [9.17, 15) is 4.79 Å². The molecule has 1 saturated heterocycles. The van der Waals surface area contributed by atoms with Crippen LogP contribution in [-0.4, -0.2) is 54.1 Å². The maximum Gasteiger partial charge on any atom is 0.243 e. The number of nitrogens with zero attached hydrogens (tertiary/aromatic N) is 2. The Morgan fingerprint density at radius 3 is 2.47 bits per heavy atom. The zero-order valence-electron chi connectivity index (χ0n) is 12.1. The molecule has 1 aliphatic rings. The molecule has 1 aliphatic heterocycles. The van der Waals surface area contributed by atoms with Gasteiger partial charge in [0.2, 0.25) is 5.91 Å². The van der Waals surface area contributed by atoms with Crippen molar-refractivity contribution in [3.63, 3.8) is 0 Å². The van der Waals surface area contributed by atoms with Crippen molar-refractivity contribution in [2.45, 2.75) is 58.3 Å². The number of hydrogen-bond donors (Lipinski definition) is 1. The lowest BCUT2D eigenvalue weighted by Gasteiger charge is -2.29. The van der Waals surface area contributed by atoms with Crippen LogP contribution in [0, 0.1) is 0 Å². The van der Waals surface area contributed by atoms with Gasteiger partial charge in [-0.15, -0.1) is 0 Å². The highest BCUT2D eigenvalue weighted by atomic mass is 16.2. The maximum atomic E-state index is 12.4. The molecule has 4 nitrogen and oxygen atoms in total. The Morgan fingerprint density at radius 2 is 2.06 bits per heavy atom. The van der Waals surface area contributed by atoms with Gasteiger partial charge < -0.3 is 9.80 Å². The summed E-state index contributed by atoms with van der Waals surface area (Å²) in [4.78, 5) is 16.6. The predicted octanol–water partition coefficient (Wildman–Crippen LogP) is 1.27. The van der Waals surface area contributed by atoms with Crippen LogP contribution in [0.5, 0.6) is 0 Å². The molecule has 0 aliphatic carbocycles. The van der Waals surface area contributed by atoms with Crippen LogP contribution >= 0.6 is 0 Å². The van der Waals surface area contributed by atoms with Gasteiger partial charge in [-0.1, -0.05) is 13.8 Å². The van der Waals surface area contributed by atoms with Crippen LogP contribution in [0.3, 0.4) is 0 Å². The first-order valence-electron chi connectivity index (χ1n) is 6.61. The minimum absolute atomic E-state index is 0.190. The normalized spacial score (nSPS) is 31.4. The summed E-state index contributed by atoms with van der Waals surface area (Å²) in [6.07, 6.45) is 1.99. The van der Waals surface area contributed by atoms with Gasteiger partial charge in [0.05, 0.1) is 11.7 Å². The van der Waals surface area contributed by atoms with Crippen molar-refractivity contribution in [2.24, 2.45) is 0 Å². The van der Waals surface area contributed by atoms with Crippen LogP contribution in [0.4, 0.5) is 0 Å². The highest BCUT2D eigenvalue weighted by Gasteiger charge is 2.46. The fourth-order valence-electron chi connectivity index (χ4n) is 2.20. The summed E-state index contributed by atoms with van der Waals surface area (Å²) in [5.41, 5.74) is -0.368. The molecule has 17 heavy (non-hydrogen) atoms. The van der Waals surface area contributed by atoms with E-state index in [-0.39, 0.29) is 17.6 Å². The van der Waals surface area contributed by atoms with Gasteiger partial charge in [0, 0.05) is 12.6 Å². The molecule has 0 aromatic rings. The number of rotatable bonds is 5. The van der Waals surface area contributed by atoms with Gasteiger partial charge >= 0.3 is 0 Å². The van der Waals surface area contributed by atoms with Crippen LogP contribution < -0.4 is 5.32 Å². The first-order valence-corrected chi connectivity index (χ1v) is 6.61. The summed E-state index contributed by atoms with van der Waals surface area (Å²) in [7, 11) is 4.11. The topological polar surface area (TPSA) is 35.6 Å². The monoisotopic (exact) mass is 241 g/mol. The van der Waals surface area contributed by atoms with Gasteiger partial charge in [-0.25, -0.2) is 0 Å². The molecule has 1 heterocycles. The van der Waals surface area contributed by atoms with E-state index in [4.69, 9.17) is 0 Å². The highest BCUT2D eigenvalue weighted by Crippen LogP contribution is 2.25. The van der Waals surface area contributed by atoms with Crippen molar-refractivity contribution < 1.29 is 4.79 Å². The quantitative estimate of drug-likeness (QED) is 0.787. The third-order valence-corrected chi connectivity index (χ3v) is 4.03. The second-order valence-corrected chi connectivity index (χ2v) is 5.52. The van der Waals surface area contributed by atoms with Crippen LogP contribution in [0.1, 0.15) is 40.5 Å². The first-order chi connectivity index (χ1) is 7.85. The molecular weight excluding hydrogens is 214 g/mol. The molecular formula is C13H27N3O. The second-order valence-electron chi connectivity index (χ2n) is 5.52. The molecule has 0 radical (unpaired) electrons. The molecule has 0 saturated carbocycles. The van der Waals surface area contributed by atoms with E-state index >= 15 is 0 Å². The van der Waals surface area contributed by atoms with Gasteiger partial charge in [-0.3, -0.25) is 10.1 Å². The van der Waals surface area contributed by atoms with E-state index < -0.39 is 0 Å².